The largest absolute Gasteiger partial charge is 0.496 e. The topological polar surface area (TPSA) is 95.9 Å². The van der Waals surface area contributed by atoms with Crippen LogP contribution in [0.3, 0.4) is 0 Å². The normalized spacial score (nSPS) is 18.9. The zero-order valence-corrected chi connectivity index (χ0v) is 10.9. The van der Waals surface area contributed by atoms with Crippen molar-refractivity contribution in [2.45, 2.75) is 6.04 Å². The summed E-state index contributed by atoms with van der Waals surface area (Å²) in [7, 11) is 1.48. The molecule has 2 heterocycles. The van der Waals surface area contributed by atoms with Crippen LogP contribution in [0.25, 0.3) is 0 Å². The molecule has 1 unspecified atom stereocenters. The minimum absolute atomic E-state index is 0.0809. The first kappa shape index (κ1) is 13.3. The lowest BCUT2D eigenvalue weighted by Crippen LogP contribution is -2.59. The predicted octanol–water partition coefficient (Wildman–Crippen LogP) is -0.218. The number of hydrogen-bond acceptors (Lipinski definition) is 5. The lowest BCUT2D eigenvalue weighted by molar-refractivity contribution is -0.144. The van der Waals surface area contributed by atoms with E-state index in [-0.39, 0.29) is 19.0 Å². The van der Waals surface area contributed by atoms with Crippen molar-refractivity contribution in [1.29, 1.82) is 0 Å². The Hall–Kier alpha value is -2.09. The lowest BCUT2D eigenvalue weighted by Gasteiger charge is -2.32. The quantitative estimate of drug-likeness (QED) is 0.800. The molecule has 19 heavy (non-hydrogen) atoms. The van der Waals surface area contributed by atoms with E-state index in [0.717, 1.165) is 16.2 Å². The Labute approximate surface area is 112 Å². The van der Waals surface area contributed by atoms with Crippen LogP contribution >= 0.6 is 11.3 Å². The van der Waals surface area contributed by atoms with Crippen LogP contribution in [0.4, 0.5) is 0 Å². The number of thiophene rings is 1. The summed E-state index contributed by atoms with van der Waals surface area (Å²) in [6.07, 6.45) is 0. The van der Waals surface area contributed by atoms with E-state index in [2.05, 4.69) is 5.32 Å². The van der Waals surface area contributed by atoms with Gasteiger partial charge >= 0.3 is 5.97 Å². The molecule has 2 rings (SSSR count). The maximum Gasteiger partial charge on any atom is 0.328 e. The lowest BCUT2D eigenvalue weighted by atomic mass is 10.2. The van der Waals surface area contributed by atoms with Crippen molar-refractivity contribution in [3.05, 3.63) is 16.3 Å². The summed E-state index contributed by atoms with van der Waals surface area (Å²) in [5, 5.41) is 13.2. The minimum atomic E-state index is -1.14. The third-order valence-corrected chi connectivity index (χ3v) is 3.65. The van der Waals surface area contributed by atoms with Crippen LogP contribution < -0.4 is 10.1 Å². The highest BCUT2D eigenvalue weighted by atomic mass is 32.1. The molecular weight excluding hydrogens is 272 g/mol. The van der Waals surface area contributed by atoms with Crippen LogP contribution in [0.5, 0.6) is 5.75 Å². The van der Waals surface area contributed by atoms with Gasteiger partial charge < -0.3 is 20.1 Å². The molecule has 0 radical (unpaired) electrons. The SMILES string of the molecule is COc1csc(C(=O)N2CC(=O)NCC2C(=O)O)c1. The van der Waals surface area contributed by atoms with Gasteiger partial charge in [0.15, 0.2) is 0 Å². The van der Waals surface area contributed by atoms with E-state index in [9.17, 15) is 14.4 Å². The van der Waals surface area contributed by atoms with E-state index in [1.54, 1.807) is 5.38 Å². The molecule has 1 aromatic rings. The Kier molecular flexibility index (Phi) is 3.70. The number of carbonyl (C=O) groups is 3. The van der Waals surface area contributed by atoms with Crippen LogP contribution in [0, 0.1) is 0 Å². The van der Waals surface area contributed by atoms with E-state index in [0.29, 0.717) is 10.6 Å². The number of carbonyl (C=O) groups excluding carboxylic acids is 2. The van der Waals surface area contributed by atoms with Gasteiger partial charge in [-0.25, -0.2) is 4.79 Å². The fourth-order valence-corrected chi connectivity index (χ4v) is 2.56. The van der Waals surface area contributed by atoms with Gasteiger partial charge in [-0.1, -0.05) is 0 Å². The summed E-state index contributed by atoms with van der Waals surface area (Å²) in [5.74, 6) is -1.46. The zero-order chi connectivity index (χ0) is 14.0. The van der Waals surface area contributed by atoms with Gasteiger partial charge in [0.1, 0.15) is 18.3 Å². The highest BCUT2D eigenvalue weighted by Crippen LogP contribution is 2.23. The second-order valence-electron chi connectivity index (χ2n) is 3.94. The maximum absolute atomic E-state index is 12.2. The number of amides is 2. The van der Waals surface area contributed by atoms with Crippen LogP contribution in [-0.4, -0.2) is 54.0 Å². The van der Waals surface area contributed by atoms with Crippen LogP contribution in [0.15, 0.2) is 11.4 Å². The highest BCUT2D eigenvalue weighted by Gasteiger charge is 2.36. The van der Waals surface area contributed by atoms with Gasteiger partial charge in [-0.05, 0) is 0 Å². The Morgan fingerprint density at radius 1 is 1.58 bits per heavy atom. The average molecular weight is 284 g/mol. The summed E-state index contributed by atoms with van der Waals surface area (Å²) in [6.45, 7) is -0.335. The molecule has 0 bridgehead atoms. The summed E-state index contributed by atoms with van der Waals surface area (Å²) in [4.78, 5) is 36.1. The number of nitrogens with one attached hydrogen (secondary N) is 1. The first-order valence-corrected chi connectivity index (χ1v) is 6.34. The fourth-order valence-electron chi connectivity index (χ4n) is 1.76. The predicted molar refractivity (Wildman–Crippen MR) is 66.3 cm³/mol. The molecule has 1 aliphatic rings. The molecular formula is C11H12N2O5S. The first-order chi connectivity index (χ1) is 9.02. The van der Waals surface area contributed by atoms with Crippen molar-refractivity contribution in [1.82, 2.24) is 10.2 Å². The number of ether oxygens (including phenoxy) is 1. The smallest absolute Gasteiger partial charge is 0.328 e. The molecule has 8 heteroatoms. The molecule has 0 aromatic carbocycles. The first-order valence-electron chi connectivity index (χ1n) is 5.46. The summed E-state index contributed by atoms with van der Waals surface area (Å²) < 4.78 is 4.97. The van der Waals surface area contributed by atoms with Crippen molar-refractivity contribution in [2.75, 3.05) is 20.2 Å². The number of rotatable bonds is 3. The molecule has 0 aliphatic carbocycles. The van der Waals surface area contributed by atoms with Gasteiger partial charge in [0, 0.05) is 18.0 Å². The third kappa shape index (κ3) is 2.68. The molecule has 1 fully saturated rings. The van der Waals surface area contributed by atoms with E-state index >= 15 is 0 Å². The molecule has 1 aliphatic heterocycles. The molecule has 0 saturated carbocycles. The molecule has 2 N–H and O–H groups in total. The molecule has 1 aromatic heterocycles. The average Bonchev–Trinajstić information content (AvgIpc) is 2.86. The molecule has 1 saturated heterocycles. The Morgan fingerprint density at radius 2 is 2.32 bits per heavy atom. The number of piperazine rings is 1. The van der Waals surface area contributed by atoms with Gasteiger partial charge in [0.25, 0.3) is 5.91 Å². The summed E-state index contributed by atoms with van der Waals surface area (Å²) in [5.41, 5.74) is 0. The molecule has 102 valence electrons. The number of aliphatic carboxylic acids is 1. The Balaban J connectivity index is 2.23. The van der Waals surface area contributed by atoms with Crippen LogP contribution in [-0.2, 0) is 9.59 Å². The second kappa shape index (κ2) is 5.27. The van der Waals surface area contributed by atoms with Crippen molar-refractivity contribution in [2.24, 2.45) is 0 Å². The van der Waals surface area contributed by atoms with Gasteiger partial charge in [0.05, 0.1) is 12.0 Å². The van der Waals surface area contributed by atoms with Crippen LogP contribution in [0.1, 0.15) is 9.67 Å². The second-order valence-corrected chi connectivity index (χ2v) is 4.85. The van der Waals surface area contributed by atoms with Gasteiger partial charge in [-0.3, -0.25) is 9.59 Å². The van der Waals surface area contributed by atoms with Crippen molar-refractivity contribution >= 4 is 29.1 Å². The maximum atomic E-state index is 12.2. The van der Waals surface area contributed by atoms with Gasteiger partial charge in [0.2, 0.25) is 5.91 Å². The van der Waals surface area contributed by atoms with Crippen molar-refractivity contribution < 1.29 is 24.2 Å². The highest BCUT2D eigenvalue weighted by molar-refractivity contribution is 7.12. The standard InChI is InChI=1S/C11H12N2O5S/c1-18-6-2-8(19-5-6)10(15)13-4-9(14)12-3-7(13)11(16)17/h2,5,7H,3-4H2,1H3,(H,12,14)(H,16,17). The number of carboxylic acid groups (broad SMARTS) is 1. The van der Waals surface area contributed by atoms with Gasteiger partial charge in [-0.15, -0.1) is 11.3 Å². The molecule has 7 nitrogen and oxygen atoms in total. The molecule has 0 spiro atoms. The number of hydrogen-bond donors (Lipinski definition) is 2. The minimum Gasteiger partial charge on any atom is -0.496 e. The van der Waals surface area contributed by atoms with Crippen LogP contribution in [0.2, 0.25) is 0 Å². The van der Waals surface area contributed by atoms with E-state index in [4.69, 9.17) is 9.84 Å². The fraction of sp³-hybridized carbons (Fsp3) is 0.364. The molecule has 2 amide bonds. The summed E-state index contributed by atoms with van der Waals surface area (Å²) >= 11 is 1.15. The van der Waals surface area contributed by atoms with E-state index in [1.807, 2.05) is 0 Å². The Morgan fingerprint density at radius 3 is 2.89 bits per heavy atom. The van der Waals surface area contributed by atoms with E-state index < -0.39 is 17.9 Å². The van der Waals surface area contributed by atoms with E-state index in [1.165, 1.54) is 13.2 Å². The van der Waals surface area contributed by atoms with Crippen molar-refractivity contribution in [3.8, 4) is 5.75 Å². The monoisotopic (exact) mass is 284 g/mol. The number of methoxy groups -OCH3 is 1. The Bertz CT molecular complexity index is 527. The summed E-state index contributed by atoms with van der Waals surface area (Å²) in [6, 6.07) is 0.483. The number of nitrogens with zero attached hydrogens (tertiary/aromatic N) is 1. The zero-order valence-electron chi connectivity index (χ0n) is 10.1. The third-order valence-electron chi connectivity index (χ3n) is 2.75. The van der Waals surface area contributed by atoms with Gasteiger partial charge in [-0.2, -0.15) is 0 Å². The van der Waals surface area contributed by atoms with Crippen molar-refractivity contribution in [3.63, 3.8) is 0 Å². The number of carboxylic acids is 1. The molecule has 1 atom stereocenters.